The fourth-order valence-corrected chi connectivity index (χ4v) is 8.59. The summed E-state index contributed by atoms with van der Waals surface area (Å²) in [4.78, 5) is 12.0. The first kappa shape index (κ1) is 18.6. The molecule has 3 N–H and O–H groups in total. The zero-order valence-electron chi connectivity index (χ0n) is 16.9. The van der Waals surface area contributed by atoms with Crippen LogP contribution in [0.5, 0.6) is 0 Å². The number of ether oxygens (including phenoxy) is 1. The summed E-state index contributed by atoms with van der Waals surface area (Å²) in [6.07, 6.45) is 18.2. The van der Waals surface area contributed by atoms with Crippen LogP contribution in [0.3, 0.4) is 0 Å². The van der Waals surface area contributed by atoms with Crippen LogP contribution in [0.25, 0.3) is 0 Å². The SMILES string of the molecule is CC[C@]12CCC3C(CC4(CC4)C4=CC(=N)CC[C@@H]43)C1CC[C@@]21C=CC(=O)O1.O. The fourth-order valence-electron chi connectivity index (χ4n) is 8.59. The topological polar surface area (TPSA) is 81.7 Å². The molecule has 3 unspecified atom stereocenters. The van der Waals surface area contributed by atoms with Gasteiger partial charge in [-0.05, 0) is 105 Å². The Morgan fingerprint density at radius 1 is 1.14 bits per heavy atom. The number of carbonyl (C=O) groups excluding carboxylic acids is 1. The van der Waals surface area contributed by atoms with E-state index in [0.717, 1.165) is 42.7 Å². The largest absolute Gasteiger partial charge is 0.451 e. The number of hydrogen-bond donors (Lipinski definition) is 1. The molecule has 1 aliphatic heterocycles. The molecular weight excluding hydrogens is 350 g/mol. The van der Waals surface area contributed by atoms with Gasteiger partial charge in [-0.15, -0.1) is 0 Å². The van der Waals surface area contributed by atoms with Crippen LogP contribution in [-0.2, 0) is 9.53 Å². The summed E-state index contributed by atoms with van der Waals surface area (Å²) >= 11 is 0. The zero-order valence-corrected chi connectivity index (χ0v) is 16.9. The van der Waals surface area contributed by atoms with Crippen molar-refractivity contribution in [3.63, 3.8) is 0 Å². The molecule has 0 aromatic rings. The Labute approximate surface area is 167 Å². The summed E-state index contributed by atoms with van der Waals surface area (Å²) in [6.45, 7) is 2.34. The highest BCUT2D eigenvalue weighted by atomic mass is 16.6. The number of esters is 1. The Kier molecular flexibility index (Phi) is 3.86. The van der Waals surface area contributed by atoms with Gasteiger partial charge >= 0.3 is 5.97 Å². The van der Waals surface area contributed by atoms with Gasteiger partial charge in [-0.2, -0.15) is 0 Å². The van der Waals surface area contributed by atoms with Crippen LogP contribution in [0.2, 0.25) is 0 Å². The average Bonchev–Trinajstić information content (AvgIpc) is 3.22. The first-order valence-corrected chi connectivity index (χ1v) is 11.2. The van der Waals surface area contributed by atoms with Gasteiger partial charge in [-0.3, -0.25) is 0 Å². The average molecular weight is 384 g/mol. The van der Waals surface area contributed by atoms with E-state index in [1.54, 1.807) is 11.6 Å². The lowest BCUT2D eigenvalue weighted by Gasteiger charge is -2.58. The van der Waals surface area contributed by atoms with Crippen LogP contribution in [0, 0.1) is 39.9 Å². The molecule has 0 saturated heterocycles. The highest BCUT2D eigenvalue weighted by molar-refractivity contribution is 5.94. The molecule has 6 rings (SSSR count). The van der Waals surface area contributed by atoms with E-state index in [0.29, 0.717) is 11.3 Å². The first-order chi connectivity index (χ1) is 13.0. The van der Waals surface area contributed by atoms with Gasteiger partial charge < -0.3 is 15.6 Å². The monoisotopic (exact) mass is 383 g/mol. The second kappa shape index (κ2) is 5.81. The molecule has 28 heavy (non-hydrogen) atoms. The molecule has 5 aliphatic carbocycles. The summed E-state index contributed by atoms with van der Waals surface area (Å²) in [5.41, 5.74) is 2.83. The van der Waals surface area contributed by atoms with Crippen LogP contribution in [0.15, 0.2) is 23.8 Å². The van der Waals surface area contributed by atoms with Gasteiger partial charge in [0.2, 0.25) is 0 Å². The molecule has 0 amide bonds. The van der Waals surface area contributed by atoms with Gasteiger partial charge in [0.25, 0.3) is 0 Å². The van der Waals surface area contributed by atoms with Crippen LogP contribution < -0.4 is 0 Å². The maximum Gasteiger partial charge on any atom is 0.331 e. The Hall–Kier alpha value is -1.42. The number of fused-ring (bicyclic) bond motifs is 7. The molecule has 6 atom stereocenters. The second-order valence-corrected chi connectivity index (χ2v) is 10.4. The third-order valence-corrected chi connectivity index (χ3v) is 9.84. The van der Waals surface area contributed by atoms with Crippen molar-refractivity contribution in [3.05, 3.63) is 23.8 Å². The Morgan fingerprint density at radius 3 is 2.64 bits per heavy atom. The maximum atomic E-state index is 12.0. The highest BCUT2D eigenvalue weighted by Gasteiger charge is 2.68. The Balaban J connectivity index is 0.00000171. The molecule has 4 fully saturated rings. The van der Waals surface area contributed by atoms with Crippen molar-refractivity contribution in [2.24, 2.45) is 34.5 Å². The van der Waals surface area contributed by atoms with Crippen molar-refractivity contribution in [2.75, 3.05) is 0 Å². The quantitative estimate of drug-likeness (QED) is 0.681. The van der Waals surface area contributed by atoms with Crippen LogP contribution in [-0.4, -0.2) is 22.8 Å². The fraction of sp³-hybridized carbons (Fsp3) is 0.750. The second-order valence-electron chi connectivity index (χ2n) is 10.4. The minimum atomic E-state index is -0.310. The maximum absolute atomic E-state index is 12.0. The van der Waals surface area contributed by atoms with Crippen molar-refractivity contribution in [1.82, 2.24) is 0 Å². The lowest BCUT2D eigenvalue weighted by Crippen LogP contribution is -2.54. The van der Waals surface area contributed by atoms with Crippen molar-refractivity contribution in [2.45, 2.75) is 76.7 Å². The van der Waals surface area contributed by atoms with E-state index in [-0.39, 0.29) is 22.5 Å². The van der Waals surface area contributed by atoms with E-state index in [4.69, 9.17) is 10.1 Å². The molecular formula is C24H33NO3. The molecule has 2 spiro atoms. The van der Waals surface area contributed by atoms with Crippen LogP contribution in [0.1, 0.15) is 71.1 Å². The molecule has 4 heteroatoms. The van der Waals surface area contributed by atoms with Gasteiger partial charge in [-0.1, -0.05) is 12.5 Å². The Bertz CT molecular complexity index is 794. The molecule has 152 valence electrons. The number of hydrogen-bond acceptors (Lipinski definition) is 3. The standard InChI is InChI=1S/C24H31NO2.H2O/c1-2-23-8-5-16-17-4-3-15(25)13-20(17)22(11-12-22)14-18(16)19(23)6-9-24(23)10-7-21(26)27-24;/h7,10,13,16-19,25H,2-6,8-9,11-12,14H2,1H3;1H2/t16?,17-,18?,19?,23+,24-;/m1./s1. The smallest absolute Gasteiger partial charge is 0.331 e. The minimum Gasteiger partial charge on any atom is -0.451 e. The van der Waals surface area contributed by atoms with E-state index in [1.165, 1.54) is 44.9 Å². The lowest BCUT2D eigenvalue weighted by atomic mass is 9.47. The van der Waals surface area contributed by atoms with E-state index in [1.807, 2.05) is 0 Å². The van der Waals surface area contributed by atoms with Crippen molar-refractivity contribution >= 4 is 11.7 Å². The molecule has 0 aromatic carbocycles. The molecule has 0 radical (unpaired) electrons. The number of nitrogens with one attached hydrogen (secondary N) is 1. The van der Waals surface area contributed by atoms with Crippen molar-refractivity contribution in [3.8, 4) is 0 Å². The van der Waals surface area contributed by atoms with E-state index in [2.05, 4.69) is 19.1 Å². The molecule has 0 aromatic heterocycles. The number of carbonyl (C=O) groups is 1. The van der Waals surface area contributed by atoms with E-state index < -0.39 is 0 Å². The summed E-state index contributed by atoms with van der Waals surface area (Å²) in [5, 5.41) is 8.22. The van der Waals surface area contributed by atoms with Crippen molar-refractivity contribution < 1.29 is 15.0 Å². The summed E-state index contributed by atoms with van der Waals surface area (Å²) in [5.74, 6) is 2.91. The van der Waals surface area contributed by atoms with Gasteiger partial charge in [0.05, 0.1) is 0 Å². The van der Waals surface area contributed by atoms with Crippen molar-refractivity contribution in [1.29, 1.82) is 5.41 Å². The summed E-state index contributed by atoms with van der Waals surface area (Å²) in [6, 6.07) is 0. The highest BCUT2D eigenvalue weighted by Crippen LogP contribution is 2.73. The van der Waals surface area contributed by atoms with Gasteiger partial charge in [0.1, 0.15) is 5.60 Å². The number of allylic oxidation sites excluding steroid dienone is 2. The molecule has 1 heterocycles. The lowest BCUT2D eigenvalue weighted by molar-refractivity contribution is -0.165. The van der Waals surface area contributed by atoms with E-state index >= 15 is 0 Å². The molecule has 4 nitrogen and oxygen atoms in total. The predicted octanol–water partition coefficient (Wildman–Crippen LogP) is 4.39. The van der Waals surface area contributed by atoms with Crippen LogP contribution in [0.4, 0.5) is 0 Å². The summed E-state index contributed by atoms with van der Waals surface area (Å²) in [7, 11) is 0. The molecule has 4 saturated carbocycles. The normalized spacial score (nSPS) is 47.1. The van der Waals surface area contributed by atoms with Gasteiger partial charge in [0, 0.05) is 17.2 Å². The first-order valence-electron chi connectivity index (χ1n) is 11.2. The van der Waals surface area contributed by atoms with Gasteiger partial charge in [-0.25, -0.2) is 4.79 Å². The minimum absolute atomic E-state index is 0. The predicted molar refractivity (Wildman–Crippen MR) is 108 cm³/mol. The number of rotatable bonds is 1. The Morgan fingerprint density at radius 2 is 1.96 bits per heavy atom. The third-order valence-electron chi connectivity index (χ3n) is 9.84. The third kappa shape index (κ3) is 2.10. The molecule has 6 aliphatic rings. The molecule has 0 bridgehead atoms. The van der Waals surface area contributed by atoms with Crippen LogP contribution >= 0.6 is 0 Å². The van der Waals surface area contributed by atoms with E-state index in [9.17, 15) is 4.79 Å². The zero-order chi connectivity index (χ0) is 18.4. The van der Waals surface area contributed by atoms with Gasteiger partial charge in [0.15, 0.2) is 0 Å². The summed E-state index contributed by atoms with van der Waals surface area (Å²) < 4.78 is 6.05.